The van der Waals surface area contributed by atoms with E-state index in [1.807, 2.05) is 11.8 Å². The molecule has 0 saturated carbocycles. The normalized spacial score (nSPS) is 10.1. The Morgan fingerprint density at radius 3 is 3.00 bits per heavy atom. The van der Waals surface area contributed by atoms with Gasteiger partial charge in [-0.15, -0.1) is 0 Å². The third kappa shape index (κ3) is 6.39. The Morgan fingerprint density at radius 2 is 2.28 bits per heavy atom. The zero-order valence-corrected chi connectivity index (χ0v) is 11.4. The molecule has 5 heteroatoms. The van der Waals surface area contributed by atoms with Gasteiger partial charge >= 0.3 is 5.97 Å². The second kappa shape index (κ2) is 8.69. The lowest BCUT2D eigenvalue weighted by Gasteiger charge is -2.07. The summed E-state index contributed by atoms with van der Waals surface area (Å²) in [4.78, 5) is 11.3. The van der Waals surface area contributed by atoms with E-state index in [4.69, 9.17) is 15.2 Å². The first-order valence-corrected chi connectivity index (χ1v) is 7.09. The summed E-state index contributed by atoms with van der Waals surface area (Å²) < 4.78 is 10.3. The molecule has 0 aliphatic rings. The van der Waals surface area contributed by atoms with E-state index in [1.165, 1.54) is 0 Å². The Bertz CT molecular complexity index is 371. The van der Waals surface area contributed by atoms with Crippen LogP contribution >= 0.6 is 11.8 Å². The van der Waals surface area contributed by atoms with Gasteiger partial charge in [0.2, 0.25) is 0 Å². The summed E-state index contributed by atoms with van der Waals surface area (Å²) in [6.07, 6.45) is 0.878. The molecule has 0 unspecified atom stereocenters. The van der Waals surface area contributed by atoms with Crippen molar-refractivity contribution in [1.82, 2.24) is 0 Å². The molecule has 0 radical (unpaired) electrons. The van der Waals surface area contributed by atoms with Crippen LogP contribution in [0.15, 0.2) is 24.3 Å². The molecule has 1 aromatic carbocycles. The van der Waals surface area contributed by atoms with Crippen LogP contribution in [0.25, 0.3) is 0 Å². The standard InChI is InChI=1S/C13H19NO3S/c1-2-18-8-4-7-16-13(15)10-17-12-6-3-5-11(14)9-12/h3,5-6,9H,2,4,7-8,10,14H2,1H3. The van der Waals surface area contributed by atoms with Gasteiger partial charge in [0.25, 0.3) is 0 Å². The third-order valence-corrected chi connectivity index (χ3v) is 3.10. The molecule has 1 rings (SSSR count). The summed E-state index contributed by atoms with van der Waals surface area (Å²) in [5, 5.41) is 0. The van der Waals surface area contributed by atoms with Crippen molar-refractivity contribution >= 4 is 23.4 Å². The predicted molar refractivity (Wildman–Crippen MR) is 74.9 cm³/mol. The van der Waals surface area contributed by atoms with Crippen LogP contribution in [0.2, 0.25) is 0 Å². The Balaban J connectivity index is 2.13. The van der Waals surface area contributed by atoms with E-state index >= 15 is 0 Å². The van der Waals surface area contributed by atoms with Gasteiger partial charge in [0, 0.05) is 11.8 Å². The molecule has 2 N–H and O–H groups in total. The van der Waals surface area contributed by atoms with E-state index in [0.29, 0.717) is 18.0 Å². The highest BCUT2D eigenvalue weighted by molar-refractivity contribution is 7.99. The maximum Gasteiger partial charge on any atom is 0.344 e. The first-order chi connectivity index (χ1) is 8.72. The fourth-order valence-corrected chi connectivity index (χ4v) is 1.89. The number of nitrogens with two attached hydrogens (primary N) is 1. The number of carbonyl (C=O) groups excluding carboxylic acids is 1. The van der Waals surface area contributed by atoms with Gasteiger partial charge in [-0.1, -0.05) is 13.0 Å². The minimum absolute atomic E-state index is 0.0790. The molecular formula is C13H19NO3S. The van der Waals surface area contributed by atoms with Gasteiger partial charge in [-0.3, -0.25) is 0 Å². The van der Waals surface area contributed by atoms with Gasteiger partial charge in [-0.25, -0.2) is 4.79 Å². The molecule has 0 amide bonds. The fourth-order valence-electron chi connectivity index (χ4n) is 1.28. The summed E-state index contributed by atoms with van der Waals surface area (Å²) in [6.45, 7) is 2.48. The van der Waals surface area contributed by atoms with Crippen molar-refractivity contribution in [3.63, 3.8) is 0 Å². The highest BCUT2D eigenvalue weighted by Crippen LogP contribution is 2.14. The maximum atomic E-state index is 11.3. The van der Waals surface area contributed by atoms with Crippen LogP contribution in [0.1, 0.15) is 13.3 Å². The average molecular weight is 269 g/mol. The SMILES string of the molecule is CCSCCCOC(=O)COc1cccc(N)c1. The Labute approximate surface area is 112 Å². The summed E-state index contributed by atoms with van der Waals surface area (Å²) in [5.41, 5.74) is 6.20. The van der Waals surface area contributed by atoms with Crippen molar-refractivity contribution in [1.29, 1.82) is 0 Å². The van der Waals surface area contributed by atoms with Crippen LogP contribution in [0.3, 0.4) is 0 Å². The predicted octanol–water partition coefficient (Wildman–Crippen LogP) is 2.33. The number of thioether (sulfide) groups is 1. The number of nitrogen functional groups attached to an aromatic ring is 1. The highest BCUT2D eigenvalue weighted by atomic mass is 32.2. The van der Waals surface area contributed by atoms with Crippen molar-refractivity contribution in [3.05, 3.63) is 24.3 Å². The van der Waals surface area contributed by atoms with Crippen molar-refractivity contribution in [2.75, 3.05) is 30.5 Å². The number of carbonyl (C=O) groups is 1. The molecule has 0 saturated heterocycles. The van der Waals surface area contributed by atoms with Gasteiger partial charge in [0.15, 0.2) is 6.61 Å². The zero-order valence-electron chi connectivity index (χ0n) is 10.6. The largest absolute Gasteiger partial charge is 0.482 e. The van der Waals surface area contributed by atoms with E-state index < -0.39 is 0 Å². The summed E-state index contributed by atoms with van der Waals surface area (Å²) >= 11 is 1.84. The zero-order chi connectivity index (χ0) is 13.2. The number of rotatable bonds is 8. The van der Waals surface area contributed by atoms with E-state index in [2.05, 4.69) is 6.92 Å². The second-order valence-corrected chi connectivity index (χ2v) is 5.03. The molecule has 0 aliphatic carbocycles. The van der Waals surface area contributed by atoms with E-state index in [1.54, 1.807) is 24.3 Å². The molecule has 0 aromatic heterocycles. The summed E-state index contributed by atoms with van der Waals surface area (Å²) in [5.74, 6) is 2.33. The number of hydrogen-bond acceptors (Lipinski definition) is 5. The fraction of sp³-hybridized carbons (Fsp3) is 0.462. The molecule has 0 fully saturated rings. The second-order valence-electron chi connectivity index (χ2n) is 3.63. The number of benzene rings is 1. The minimum atomic E-state index is -0.348. The van der Waals surface area contributed by atoms with Crippen LogP contribution in [0.5, 0.6) is 5.75 Å². The summed E-state index contributed by atoms with van der Waals surface area (Å²) in [6, 6.07) is 6.96. The van der Waals surface area contributed by atoms with Gasteiger partial charge in [0.05, 0.1) is 6.61 Å². The van der Waals surface area contributed by atoms with Crippen LogP contribution in [0, 0.1) is 0 Å². The van der Waals surface area contributed by atoms with Crippen molar-refractivity contribution in [2.24, 2.45) is 0 Å². The van der Waals surface area contributed by atoms with Gasteiger partial charge in [0.1, 0.15) is 5.75 Å². The van der Waals surface area contributed by atoms with Crippen LogP contribution in [-0.4, -0.2) is 30.7 Å². The number of ether oxygens (including phenoxy) is 2. The van der Waals surface area contributed by atoms with E-state index in [9.17, 15) is 4.79 Å². The van der Waals surface area contributed by atoms with Crippen LogP contribution in [-0.2, 0) is 9.53 Å². The Kier molecular flexibility index (Phi) is 7.10. The molecule has 0 heterocycles. The quantitative estimate of drug-likeness (QED) is 0.446. The van der Waals surface area contributed by atoms with Crippen molar-refractivity contribution in [3.8, 4) is 5.75 Å². The molecule has 0 bridgehead atoms. The summed E-state index contributed by atoms with van der Waals surface area (Å²) in [7, 11) is 0. The Hall–Kier alpha value is -1.36. The third-order valence-electron chi connectivity index (χ3n) is 2.11. The molecule has 0 atom stereocenters. The van der Waals surface area contributed by atoms with E-state index in [0.717, 1.165) is 17.9 Å². The number of anilines is 1. The Morgan fingerprint density at radius 1 is 1.44 bits per heavy atom. The number of hydrogen-bond donors (Lipinski definition) is 1. The molecule has 0 aliphatic heterocycles. The topological polar surface area (TPSA) is 61.5 Å². The van der Waals surface area contributed by atoms with Crippen LogP contribution in [0.4, 0.5) is 5.69 Å². The molecular weight excluding hydrogens is 250 g/mol. The lowest BCUT2D eigenvalue weighted by molar-refractivity contribution is -0.145. The molecule has 0 spiro atoms. The maximum absolute atomic E-state index is 11.3. The first-order valence-electron chi connectivity index (χ1n) is 5.94. The molecule has 18 heavy (non-hydrogen) atoms. The van der Waals surface area contributed by atoms with E-state index in [-0.39, 0.29) is 12.6 Å². The average Bonchev–Trinajstić information content (AvgIpc) is 2.36. The number of esters is 1. The first kappa shape index (κ1) is 14.7. The van der Waals surface area contributed by atoms with Crippen molar-refractivity contribution < 1.29 is 14.3 Å². The molecule has 4 nitrogen and oxygen atoms in total. The van der Waals surface area contributed by atoms with Gasteiger partial charge < -0.3 is 15.2 Å². The van der Waals surface area contributed by atoms with Crippen LogP contribution < -0.4 is 10.5 Å². The molecule has 1 aromatic rings. The monoisotopic (exact) mass is 269 g/mol. The van der Waals surface area contributed by atoms with Gasteiger partial charge in [-0.05, 0) is 30.1 Å². The van der Waals surface area contributed by atoms with Crippen molar-refractivity contribution in [2.45, 2.75) is 13.3 Å². The van der Waals surface area contributed by atoms with Gasteiger partial charge in [-0.2, -0.15) is 11.8 Å². The lowest BCUT2D eigenvalue weighted by atomic mass is 10.3. The lowest BCUT2D eigenvalue weighted by Crippen LogP contribution is -2.15. The highest BCUT2D eigenvalue weighted by Gasteiger charge is 2.04. The minimum Gasteiger partial charge on any atom is -0.482 e. The molecule has 100 valence electrons. The smallest absolute Gasteiger partial charge is 0.344 e.